The fraction of sp³-hybridized carbons (Fsp3) is 0.550. The molecule has 0 spiro atoms. The molecule has 0 aromatic heterocycles. The van der Waals surface area contributed by atoms with E-state index in [0.717, 1.165) is 12.8 Å². The molecule has 7 nitrogen and oxygen atoms in total. The number of carbonyl (C=O) groups is 3. The topological polar surface area (TPSA) is 79.0 Å². The first-order valence-corrected chi connectivity index (χ1v) is 9.51. The SMILES string of the molecule is CCOC(=O)N1CCN(C(=O)CNC(=O)CCCc2ccc(C)cc2)CC1. The molecule has 3 amide bonds. The Morgan fingerprint density at radius 1 is 1.04 bits per heavy atom. The second kappa shape index (κ2) is 10.5. The molecule has 0 saturated carbocycles. The Morgan fingerprint density at radius 3 is 2.30 bits per heavy atom. The average Bonchev–Trinajstić information content (AvgIpc) is 2.68. The van der Waals surface area contributed by atoms with Crippen LogP contribution in [0.15, 0.2) is 24.3 Å². The lowest BCUT2D eigenvalue weighted by Crippen LogP contribution is -2.52. The molecule has 0 bridgehead atoms. The lowest BCUT2D eigenvalue weighted by atomic mass is 10.1. The van der Waals surface area contributed by atoms with Gasteiger partial charge in [0.05, 0.1) is 13.2 Å². The van der Waals surface area contributed by atoms with E-state index in [2.05, 4.69) is 29.6 Å². The molecule has 0 radical (unpaired) electrons. The van der Waals surface area contributed by atoms with Gasteiger partial charge >= 0.3 is 6.09 Å². The molecule has 1 N–H and O–H groups in total. The number of nitrogens with zero attached hydrogens (tertiary/aromatic N) is 2. The number of hydrogen-bond acceptors (Lipinski definition) is 4. The van der Waals surface area contributed by atoms with Gasteiger partial charge in [-0.25, -0.2) is 4.79 Å². The maximum Gasteiger partial charge on any atom is 0.409 e. The zero-order valence-corrected chi connectivity index (χ0v) is 16.2. The Labute approximate surface area is 160 Å². The lowest BCUT2D eigenvalue weighted by Gasteiger charge is -2.34. The highest BCUT2D eigenvalue weighted by Crippen LogP contribution is 2.07. The van der Waals surface area contributed by atoms with Crippen molar-refractivity contribution in [3.05, 3.63) is 35.4 Å². The predicted molar refractivity (Wildman–Crippen MR) is 102 cm³/mol. The van der Waals surface area contributed by atoms with Crippen molar-refractivity contribution in [2.75, 3.05) is 39.3 Å². The van der Waals surface area contributed by atoms with Crippen LogP contribution >= 0.6 is 0 Å². The van der Waals surface area contributed by atoms with Crippen LogP contribution in [0.25, 0.3) is 0 Å². The van der Waals surface area contributed by atoms with E-state index < -0.39 is 0 Å². The fourth-order valence-electron chi connectivity index (χ4n) is 2.94. The Balaban J connectivity index is 1.61. The van der Waals surface area contributed by atoms with Crippen molar-refractivity contribution >= 4 is 17.9 Å². The van der Waals surface area contributed by atoms with Gasteiger partial charge in [-0.3, -0.25) is 9.59 Å². The molecule has 7 heteroatoms. The molecule has 148 valence electrons. The molecule has 0 aliphatic carbocycles. The van der Waals surface area contributed by atoms with Gasteiger partial charge in [0.2, 0.25) is 11.8 Å². The van der Waals surface area contributed by atoms with Crippen molar-refractivity contribution in [1.29, 1.82) is 0 Å². The summed E-state index contributed by atoms with van der Waals surface area (Å²) in [5.41, 5.74) is 2.43. The second-order valence-electron chi connectivity index (χ2n) is 6.68. The number of aryl methyl sites for hydroxylation is 2. The van der Waals surface area contributed by atoms with E-state index in [1.807, 2.05) is 6.92 Å². The van der Waals surface area contributed by atoms with E-state index in [-0.39, 0.29) is 24.5 Å². The largest absolute Gasteiger partial charge is 0.450 e. The Kier molecular flexibility index (Phi) is 8.10. The smallest absolute Gasteiger partial charge is 0.409 e. The highest BCUT2D eigenvalue weighted by Gasteiger charge is 2.24. The van der Waals surface area contributed by atoms with Gasteiger partial charge in [0.25, 0.3) is 0 Å². The zero-order chi connectivity index (χ0) is 19.6. The van der Waals surface area contributed by atoms with Crippen LogP contribution in [0.3, 0.4) is 0 Å². The predicted octanol–water partition coefficient (Wildman–Crippen LogP) is 1.73. The Hall–Kier alpha value is -2.57. The van der Waals surface area contributed by atoms with Gasteiger partial charge in [0, 0.05) is 32.6 Å². The lowest BCUT2D eigenvalue weighted by molar-refractivity contribution is -0.134. The average molecular weight is 375 g/mol. The maximum atomic E-state index is 12.2. The monoisotopic (exact) mass is 375 g/mol. The molecule has 0 unspecified atom stereocenters. The van der Waals surface area contributed by atoms with Gasteiger partial charge in [-0.2, -0.15) is 0 Å². The summed E-state index contributed by atoms with van der Waals surface area (Å²) in [7, 11) is 0. The third kappa shape index (κ3) is 6.92. The molecule has 1 aromatic rings. The number of piperazine rings is 1. The van der Waals surface area contributed by atoms with Crippen LogP contribution in [0, 0.1) is 6.92 Å². The van der Waals surface area contributed by atoms with E-state index in [1.165, 1.54) is 11.1 Å². The van der Waals surface area contributed by atoms with E-state index in [0.29, 0.717) is 39.2 Å². The molecule has 0 atom stereocenters. The molecule has 1 heterocycles. The number of carbonyl (C=O) groups excluding carboxylic acids is 3. The molecule has 1 saturated heterocycles. The van der Waals surface area contributed by atoms with Crippen LogP contribution in [-0.4, -0.2) is 67.0 Å². The summed E-state index contributed by atoms with van der Waals surface area (Å²) in [6.45, 7) is 5.98. The summed E-state index contributed by atoms with van der Waals surface area (Å²) in [6.07, 6.45) is 1.66. The highest BCUT2D eigenvalue weighted by atomic mass is 16.6. The molecule has 1 aliphatic heterocycles. The Bertz CT molecular complexity index is 637. The first kappa shape index (κ1) is 20.7. The molecule has 1 aromatic carbocycles. The molecule has 27 heavy (non-hydrogen) atoms. The summed E-state index contributed by atoms with van der Waals surface area (Å²) in [5, 5.41) is 2.69. The van der Waals surface area contributed by atoms with Crippen LogP contribution < -0.4 is 5.32 Å². The van der Waals surface area contributed by atoms with E-state index >= 15 is 0 Å². The van der Waals surface area contributed by atoms with Crippen LogP contribution in [0.5, 0.6) is 0 Å². The van der Waals surface area contributed by atoms with Crippen LogP contribution in [-0.2, 0) is 20.7 Å². The third-order valence-electron chi connectivity index (χ3n) is 4.59. The number of rotatable bonds is 7. The van der Waals surface area contributed by atoms with Crippen molar-refractivity contribution in [3.8, 4) is 0 Å². The third-order valence-corrected chi connectivity index (χ3v) is 4.59. The summed E-state index contributed by atoms with van der Waals surface area (Å²) in [5.74, 6) is -0.231. The van der Waals surface area contributed by atoms with Crippen LogP contribution in [0.2, 0.25) is 0 Å². The van der Waals surface area contributed by atoms with Crippen molar-refractivity contribution in [1.82, 2.24) is 15.1 Å². The minimum Gasteiger partial charge on any atom is -0.450 e. The highest BCUT2D eigenvalue weighted by molar-refractivity contribution is 5.84. The minimum absolute atomic E-state index is 0.00275. The summed E-state index contributed by atoms with van der Waals surface area (Å²) >= 11 is 0. The standard InChI is InChI=1S/C20H29N3O4/c1-3-27-20(26)23-13-11-22(12-14-23)19(25)15-21-18(24)6-4-5-17-9-7-16(2)8-10-17/h7-10H,3-6,11-15H2,1-2H3,(H,21,24). The zero-order valence-electron chi connectivity index (χ0n) is 16.2. The molecule has 1 aliphatic rings. The van der Waals surface area contributed by atoms with Crippen molar-refractivity contribution in [2.45, 2.75) is 33.1 Å². The normalized spacial score (nSPS) is 14.0. The van der Waals surface area contributed by atoms with Crippen LogP contribution in [0.4, 0.5) is 4.79 Å². The molecular weight excluding hydrogens is 346 g/mol. The van der Waals surface area contributed by atoms with Gasteiger partial charge in [-0.1, -0.05) is 29.8 Å². The van der Waals surface area contributed by atoms with Gasteiger partial charge in [0.15, 0.2) is 0 Å². The number of hydrogen-bond donors (Lipinski definition) is 1. The van der Waals surface area contributed by atoms with E-state index in [9.17, 15) is 14.4 Å². The van der Waals surface area contributed by atoms with Crippen molar-refractivity contribution in [2.24, 2.45) is 0 Å². The molecular formula is C20H29N3O4. The number of nitrogens with one attached hydrogen (secondary N) is 1. The molecule has 1 fully saturated rings. The number of ether oxygens (including phenoxy) is 1. The van der Waals surface area contributed by atoms with Gasteiger partial charge in [0.1, 0.15) is 0 Å². The first-order valence-electron chi connectivity index (χ1n) is 9.51. The first-order chi connectivity index (χ1) is 13.0. The summed E-state index contributed by atoms with van der Waals surface area (Å²) in [4.78, 5) is 39.1. The van der Waals surface area contributed by atoms with Gasteiger partial charge < -0.3 is 19.9 Å². The number of amides is 3. The number of benzene rings is 1. The van der Waals surface area contributed by atoms with E-state index in [4.69, 9.17) is 4.74 Å². The van der Waals surface area contributed by atoms with Gasteiger partial charge in [-0.15, -0.1) is 0 Å². The van der Waals surface area contributed by atoms with Gasteiger partial charge in [-0.05, 0) is 32.3 Å². The molecule has 2 rings (SSSR count). The maximum absolute atomic E-state index is 12.2. The van der Waals surface area contributed by atoms with Crippen molar-refractivity contribution in [3.63, 3.8) is 0 Å². The quantitative estimate of drug-likeness (QED) is 0.787. The summed E-state index contributed by atoms with van der Waals surface area (Å²) in [6, 6.07) is 8.28. The Morgan fingerprint density at radius 2 is 1.67 bits per heavy atom. The summed E-state index contributed by atoms with van der Waals surface area (Å²) < 4.78 is 4.96. The van der Waals surface area contributed by atoms with Crippen molar-refractivity contribution < 1.29 is 19.1 Å². The van der Waals surface area contributed by atoms with E-state index in [1.54, 1.807) is 16.7 Å². The fourth-order valence-corrected chi connectivity index (χ4v) is 2.94. The van der Waals surface area contributed by atoms with Crippen LogP contribution in [0.1, 0.15) is 30.9 Å². The second-order valence-corrected chi connectivity index (χ2v) is 6.68. The minimum atomic E-state index is -0.341.